The van der Waals surface area contributed by atoms with Gasteiger partial charge in [0.05, 0.1) is 18.5 Å². The summed E-state index contributed by atoms with van der Waals surface area (Å²) in [5, 5.41) is 27.6. The lowest BCUT2D eigenvalue weighted by molar-refractivity contribution is -0.0173. The van der Waals surface area contributed by atoms with Crippen LogP contribution in [0.2, 0.25) is 0 Å². The number of hydrogen-bond acceptors (Lipinski definition) is 8. The lowest BCUT2D eigenvalue weighted by Gasteiger charge is -2.14. The molecular formula is C9H11N5O4. The second-order valence-electron chi connectivity index (χ2n) is 3.61. The number of aromatic amines is 1. The summed E-state index contributed by atoms with van der Waals surface area (Å²) in [6, 6.07) is 0. The van der Waals surface area contributed by atoms with Crippen LogP contribution in [-0.2, 0) is 0 Å². The Labute approximate surface area is 100.0 Å². The summed E-state index contributed by atoms with van der Waals surface area (Å²) < 4.78 is 0. The van der Waals surface area contributed by atoms with Gasteiger partial charge in [0.2, 0.25) is 5.95 Å². The van der Waals surface area contributed by atoms with Crippen LogP contribution < -0.4 is 11.3 Å². The predicted octanol–water partition coefficient (Wildman–Crippen LogP) is -2.32. The fourth-order valence-corrected chi connectivity index (χ4v) is 1.39. The third-order valence-electron chi connectivity index (χ3n) is 2.31. The Morgan fingerprint density at radius 1 is 1.39 bits per heavy atom. The van der Waals surface area contributed by atoms with Crippen molar-refractivity contribution in [1.29, 1.82) is 0 Å². The maximum atomic E-state index is 11.4. The molecule has 0 spiro atoms. The van der Waals surface area contributed by atoms with E-state index in [0.717, 1.165) is 6.20 Å². The fourth-order valence-electron chi connectivity index (χ4n) is 1.39. The molecule has 0 unspecified atom stereocenters. The zero-order chi connectivity index (χ0) is 13.3. The Morgan fingerprint density at radius 3 is 2.78 bits per heavy atom. The highest BCUT2D eigenvalue weighted by atomic mass is 16.4. The van der Waals surface area contributed by atoms with Crippen LogP contribution in [0.3, 0.4) is 0 Å². The van der Waals surface area contributed by atoms with Gasteiger partial charge in [-0.15, -0.1) is 0 Å². The molecule has 0 bridgehead atoms. The van der Waals surface area contributed by atoms with Crippen LogP contribution >= 0.6 is 0 Å². The molecule has 0 aliphatic rings. The maximum absolute atomic E-state index is 11.4. The molecular weight excluding hydrogens is 242 g/mol. The number of hydrogen-bond donors (Lipinski definition) is 5. The number of fused-ring (bicyclic) bond motifs is 1. The van der Waals surface area contributed by atoms with Crippen LogP contribution in [0.5, 0.6) is 0 Å². The summed E-state index contributed by atoms with van der Waals surface area (Å²) in [6.07, 6.45) is -1.69. The van der Waals surface area contributed by atoms with Crippen LogP contribution in [0.4, 0.5) is 5.95 Å². The van der Waals surface area contributed by atoms with Gasteiger partial charge in [0, 0.05) is 0 Å². The van der Waals surface area contributed by atoms with Gasteiger partial charge in [-0.1, -0.05) is 0 Å². The van der Waals surface area contributed by atoms with Crippen molar-refractivity contribution in [2.45, 2.75) is 12.2 Å². The van der Waals surface area contributed by atoms with Crippen molar-refractivity contribution in [2.75, 3.05) is 12.3 Å². The number of rotatable bonds is 3. The van der Waals surface area contributed by atoms with Gasteiger partial charge < -0.3 is 21.1 Å². The standard InChI is InChI=1S/C9H11N5O4/c10-9-13-7-5(8(18)14-9)11-1-3(12-7)6(17)4(16)2-15/h1,4,6,15-17H,2H2,(H3,10,12,13,14,18)/t4-,6+/m1/s1. The zero-order valence-corrected chi connectivity index (χ0v) is 9.11. The number of aromatic nitrogens is 4. The maximum Gasteiger partial charge on any atom is 0.280 e. The first-order valence-corrected chi connectivity index (χ1v) is 5.02. The van der Waals surface area contributed by atoms with E-state index in [-0.39, 0.29) is 22.8 Å². The van der Waals surface area contributed by atoms with Gasteiger partial charge >= 0.3 is 0 Å². The van der Waals surface area contributed by atoms with Gasteiger partial charge in [-0.05, 0) is 0 Å². The molecule has 0 radical (unpaired) electrons. The highest BCUT2D eigenvalue weighted by molar-refractivity contribution is 5.69. The third kappa shape index (κ3) is 2.14. The third-order valence-corrected chi connectivity index (χ3v) is 2.31. The van der Waals surface area contributed by atoms with Gasteiger partial charge in [0.1, 0.15) is 12.2 Å². The fraction of sp³-hybridized carbons (Fsp3) is 0.333. The van der Waals surface area contributed by atoms with E-state index < -0.39 is 24.4 Å². The van der Waals surface area contributed by atoms with E-state index in [4.69, 9.17) is 10.8 Å². The molecule has 96 valence electrons. The molecule has 2 aromatic rings. The second-order valence-corrected chi connectivity index (χ2v) is 3.61. The quantitative estimate of drug-likeness (QED) is 0.407. The molecule has 9 heteroatoms. The summed E-state index contributed by atoms with van der Waals surface area (Å²) in [6.45, 7) is -0.633. The highest BCUT2D eigenvalue weighted by Crippen LogP contribution is 2.15. The second kappa shape index (κ2) is 4.64. The molecule has 2 heterocycles. The first kappa shape index (κ1) is 12.4. The van der Waals surface area contributed by atoms with Gasteiger partial charge in [-0.3, -0.25) is 9.78 Å². The van der Waals surface area contributed by atoms with Gasteiger partial charge in [0.15, 0.2) is 11.2 Å². The normalized spacial score (nSPS) is 14.6. The summed E-state index contributed by atoms with van der Waals surface area (Å²) in [5.41, 5.74) is 4.72. The number of anilines is 1. The number of H-pyrrole nitrogens is 1. The molecule has 0 saturated carbocycles. The number of nitrogens with zero attached hydrogens (tertiary/aromatic N) is 3. The lowest BCUT2D eigenvalue weighted by Crippen LogP contribution is -2.23. The Kier molecular flexibility index (Phi) is 3.19. The van der Waals surface area contributed by atoms with E-state index in [2.05, 4.69) is 19.9 Å². The molecule has 9 nitrogen and oxygen atoms in total. The molecule has 6 N–H and O–H groups in total. The minimum Gasteiger partial charge on any atom is -0.394 e. The van der Waals surface area contributed by atoms with Crippen molar-refractivity contribution in [3.63, 3.8) is 0 Å². The molecule has 2 atom stereocenters. The molecule has 0 fully saturated rings. The number of nitrogens with two attached hydrogens (primary N) is 1. The highest BCUT2D eigenvalue weighted by Gasteiger charge is 2.20. The molecule has 0 aliphatic carbocycles. The van der Waals surface area contributed by atoms with Crippen molar-refractivity contribution >= 4 is 17.1 Å². The minimum atomic E-state index is -1.42. The van der Waals surface area contributed by atoms with Crippen LogP contribution in [0.1, 0.15) is 11.8 Å². The van der Waals surface area contributed by atoms with Crippen LogP contribution in [0.15, 0.2) is 11.0 Å². The monoisotopic (exact) mass is 253 g/mol. The van der Waals surface area contributed by atoms with Crippen LogP contribution in [0.25, 0.3) is 11.2 Å². The zero-order valence-electron chi connectivity index (χ0n) is 9.11. The van der Waals surface area contributed by atoms with Crippen molar-refractivity contribution < 1.29 is 15.3 Å². The Balaban J connectivity index is 2.53. The summed E-state index contributed by atoms with van der Waals surface area (Å²) >= 11 is 0. The van der Waals surface area contributed by atoms with Crippen molar-refractivity contribution in [3.8, 4) is 0 Å². The van der Waals surface area contributed by atoms with Crippen molar-refractivity contribution in [3.05, 3.63) is 22.2 Å². The molecule has 2 rings (SSSR count). The molecule has 0 aliphatic heterocycles. The SMILES string of the molecule is Nc1nc2nc([C@H](O)[C@H](O)CO)cnc2c(=O)[nH]1. The summed E-state index contributed by atoms with van der Waals surface area (Å²) in [7, 11) is 0. The van der Waals surface area contributed by atoms with Crippen molar-refractivity contribution in [1.82, 2.24) is 19.9 Å². The molecule has 0 aromatic carbocycles. The van der Waals surface area contributed by atoms with E-state index in [0.29, 0.717) is 0 Å². The van der Waals surface area contributed by atoms with Crippen LogP contribution in [0, 0.1) is 0 Å². The first-order chi connectivity index (χ1) is 8.52. The Morgan fingerprint density at radius 2 is 2.11 bits per heavy atom. The van der Waals surface area contributed by atoms with Crippen LogP contribution in [-0.4, -0.2) is 48.0 Å². The van der Waals surface area contributed by atoms with E-state index in [1.807, 2.05) is 0 Å². The molecule has 18 heavy (non-hydrogen) atoms. The number of nitrogens with one attached hydrogen (secondary N) is 1. The summed E-state index contributed by atoms with van der Waals surface area (Å²) in [4.78, 5) is 25.1. The van der Waals surface area contributed by atoms with Gasteiger partial charge in [-0.2, -0.15) is 4.98 Å². The average Bonchev–Trinajstić information content (AvgIpc) is 2.36. The largest absolute Gasteiger partial charge is 0.394 e. The van der Waals surface area contributed by atoms with E-state index in [9.17, 15) is 15.0 Å². The van der Waals surface area contributed by atoms with E-state index in [1.165, 1.54) is 0 Å². The minimum absolute atomic E-state index is 0.0125. The Bertz CT molecular complexity index is 628. The summed E-state index contributed by atoms with van der Waals surface area (Å²) in [5.74, 6) is -0.129. The average molecular weight is 253 g/mol. The smallest absolute Gasteiger partial charge is 0.280 e. The number of aliphatic hydroxyl groups excluding tert-OH is 3. The van der Waals surface area contributed by atoms with Crippen molar-refractivity contribution in [2.24, 2.45) is 0 Å². The number of aliphatic hydroxyl groups is 3. The van der Waals surface area contributed by atoms with E-state index in [1.54, 1.807) is 0 Å². The molecule has 2 aromatic heterocycles. The van der Waals surface area contributed by atoms with E-state index >= 15 is 0 Å². The molecule has 0 amide bonds. The Hall–Kier alpha value is -2.10. The lowest BCUT2D eigenvalue weighted by atomic mass is 10.1. The topological polar surface area (TPSA) is 158 Å². The number of nitrogen functional groups attached to an aromatic ring is 1. The van der Waals surface area contributed by atoms with Gasteiger partial charge in [-0.25, -0.2) is 9.97 Å². The molecule has 0 saturated heterocycles. The predicted molar refractivity (Wildman–Crippen MR) is 60.4 cm³/mol. The van der Waals surface area contributed by atoms with Gasteiger partial charge in [0.25, 0.3) is 5.56 Å². The first-order valence-electron chi connectivity index (χ1n) is 5.02.